The zero-order chi connectivity index (χ0) is 12.4. The first-order valence-electron chi connectivity index (χ1n) is 5.36. The highest BCUT2D eigenvalue weighted by Gasteiger charge is 2.04. The molecule has 0 aliphatic heterocycles. The molecule has 4 heteroatoms. The zero-order valence-corrected chi connectivity index (χ0v) is 11.8. The Morgan fingerprint density at radius 1 is 0.944 bits per heavy atom. The van der Waals surface area contributed by atoms with Gasteiger partial charge in [0.05, 0.1) is 0 Å². The number of hydrogen-bond acceptors (Lipinski definition) is 2. The van der Waals surface area contributed by atoms with E-state index in [1.165, 1.54) is 0 Å². The van der Waals surface area contributed by atoms with Gasteiger partial charge in [-0.1, -0.05) is 11.6 Å². The van der Waals surface area contributed by atoms with Gasteiger partial charge in [-0.2, -0.15) is 0 Å². The van der Waals surface area contributed by atoms with Crippen LogP contribution >= 0.6 is 24.0 Å². The van der Waals surface area contributed by atoms with Crippen molar-refractivity contribution in [2.24, 2.45) is 0 Å². The van der Waals surface area contributed by atoms with Crippen molar-refractivity contribution in [3.8, 4) is 11.5 Å². The van der Waals surface area contributed by atoms with Crippen molar-refractivity contribution in [1.82, 2.24) is 0 Å². The van der Waals surface area contributed by atoms with Crippen molar-refractivity contribution in [3.05, 3.63) is 52.5 Å². The van der Waals surface area contributed by atoms with Crippen LogP contribution in [0.15, 0.2) is 36.4 Å². The Labute approximate surface area is 118 Å². The van der Waals surface area contributed by atoms with E-state index in [2.05, 4.69) is 0 Å². The number of ether oxygens (including phenoxy) is 1. The molecular formula is C14H15Cl2NO. The molecule has 2 aromatic carbocycles. The quantitative estimate of drug-likeness (QED) is 0.807. The Hall–Kier alpha value is -1.38. The van der Waals surface area contributed by atoms with Crippen molar-refractivity contribution in [2.75, 3.05) is 5.73 Å². The van der Waals surface area contributed by atoms with Crippen LogP contribution in [-0.2, 0) is 0 Å². The maximum absolute atomic E-state index is 6.10. The fourth-order valence-electron chi connectivity index (χ4n) is 1.64. The van der Waals surface area contributed by atoms with Gasteiger partial charge in [-0.05, 0) is 61.4 Å². The molecule has 0 saturated heterocycles. The number of nitrogen functional groups attached to an aromatic ring is 1. The monoisotopic (exact) mass is 283 g/mol. The molecule has 0 bridgehead atoms. The van der Waals surface area contributed by atoms with Crippen LogP contribution in [0.5, 0.6) is 11.5 Å². The molecular weight excluding hydrogens is 269 g/mol. The second kappa shape index (κ2) is 5.98. The van der Waals surface area contributed by atoms with Gasteiger partial charge in [0.25, 0.3) is 0 Å². The second-order valence-electron chi connectivity index (χ2n) is 4.04. The number of anilines is 1. The summed E-state index contributed by atoms with van der Waals surface area (Å²) in [5.41, 5.74) is 8.36. The standard InChI is InChI=1S/C14H14ClNO.ClH/c1-9-7-13(8-10(2)14(9)15)17-12-5-3-11(16)4-6-12;/h3-8H,16H2,1-2H3;1H. The summed E-state index contributed by atoms with van der Waals surface area (Å²) in [5, 5.41) is 0.787. The summed E-state index contributed by atoms with van der Waals surface area (Å²) in [4.78, 5) is 0. The SMILES string of the molecule is Cc1cc(Oc2ccc(N)cc2)cc(C)c1Cl.Cl. The molecule has 2 nitrogen and oxygen atoms in total. The van der Waals surface area contributed by atoms with Crippen LogP contribution in [0.1, 0.15) is 11.1 Å². The van der Waals surface area contributed by atoms with Crippen molar-refractivity contribution >= 4 is 29.7 Å². The third kappa shape index (κ3) is 3.31. The molecule has 2 N–H and O–H groups in total. The van der Waals surface area contributed by atoms with Crippen LogP contribution in [0.25, 0.3) is 0 Å². The van der Waals surface area contributed by atoms with Crippen LogP contribution in [-0.4, -0.2) is 0 Å². The van der Waals surface area contributed by atoms with E-state index in [1.807, 2.05) is 50.2 Å². The van der Waals surface area contributed by atoms with Crippen molar-refractivity contribution in [3.63, 3.8) is 0 Å². The van der Waals surface area contributed by atoms with E-state index in [4.69, 9.17) is 22.1 Å². The number of rotatable bonds is 2. The molecule has 0 unspecified atom stereocenters. The van der Waals surface area contributed by atoms with Crippen molar-refractivity contribution in [1.29, 1.82) is 0 Å². The maximum atomic E-state index is 6.10. The topological polar surface area (TPSA) is 35.2 Å². The summed E-state index contributed by atoms with van der Waals surface area (Å²) in [6.07, 6.45) is 0. The predicted octanol–water partition coefficient (Wildman–Crippen LogP) is 4.75. The van der Waals surface area contributed by atoms with Crippen LogP contribution in [0.2, 0.25) is 5.02 Å². The molecule has 0 saturated carbocycles. The van der Waals surface area contributed by atoms with Crippen LogP contribution in [0, 0.1) is 13.8 Å². The van der Waals surface area contributed by atoms with Gasteiger partial charge >= 0.3 is 0 Å². The van der Waals surface area contributed by atoms with Gasteiger partial charge in [0.1, 0.15) is 11.5 Å². The molecule has 0 radical (unpaired) electrons. The molecule has 0 aliphatic carbocycles. The molecule has 0 fully saturated rings. The summed E-state index contributed by atoms with van der Waals surface area (Å²) >= 11 is 6.10. The first-order chi connectivity index (χ1) is 8.06. The number of benzene rings is 2. The lowest BCUT2D eigenvalue weighted by atomic mass is 10.1. The summed E-state index contributed by atoms with van der Waals surface area (Å²) in [6.45, 7) is 3.93. The smallest absolute Gasteiger partial charge is 0.128 e. The number of halogens is 2. The molecule has 0 spiro atoms. The highest BCUT2D eigenvalue weighted by atomic mass is 35.5. The lowest BCUT2D eigenvalue weighted by Gasteiger charge is -2.09. The van der Waals surface area contributed by atoms with E-state index in [0.717, 1.165) is 33.3 Å². The Balaban J connectivity index is 0.00000162. The second-order valence-corrected chi connectivity index (χ2v) is 4.42. The van der Waals surface area contributed by atoms with Crippen molar-refractivity contribution < 1.29 is 4.74 Å². The minimum absolute atomic E-state index is 0. The van der Waals surface area contributed by atoms with E-state index in [9.17, 15) is 0 Å². The Kier molecular flexibility index (Phi) is 4.88. The minimum atomic E-state index is 0. The molecule has 96 valence electrons. The molecule has 0 heterocycles. The molecule has 2 aromatic rings. The van der Waals surface area contributed by atoms with Gasteiger partial charge in [0.2, 0.25) is 0 Å². The number of aryl methyl sites for hydroxylation is 2. The number of hydrogen-bond donors (Lipinski definition) is 1. The largest absolute Gasteiger partial charge is 0.457 e. The summed E-state index contributed by atoms with van der Waals surface area (Å²) in [5.74, 6) is 1.55. The van der Waals surface area contributed by atoms with E-state index >= 15 is 0 Å². The van der Waals surface area contributed by atoms with E-state index in [-0.39, 0.29) is 12.4 Å². The lowest BCUT2D eigenvalue weighted by Crippen LogP contribution is -1.89. The van der Waals surface area contributed by atoms with E-state index < -0.39 is 0 Å². The fourth-order valence-corrected chi connectivity index (χ4v) is 1.75. The third-order valence-corrected chi connectivity index (χ3v) is 3.12. The van der Waals surface area contributed by atoms with Gasteiger partial charge in [-0.25, -0.2) is 0 Å². The molecule has 18 heavy (non-hydrogen) atoms. The highest BCUT2D eigenvalue weighted by molar-refractivity contribution is 6.32. The third-order valence-electron chi connectivity index (χ3n) is 2.53. The molecule has 0 aromatic heterocycles. The Morgan fingerprint density at radius 3 is 1.94 bits per heavy atom. The first-order valence-corrected chi connectivity index (χ1v) is 5.74. The molecule has 0 amide bonds. The molecule has 0 atom stereocenters. The average molecular weight is 284 g/mol. The molecule has 0 aliphatic rings. The first kappa shape index (κ1) is 14.7. The normalized spacial score (nSPS) is 9.72. The van der Waals surface area contributed by atoms with Crippen molar-refractivity contribution in [2.45, 2.75) is 13.8 Å². The van der Waals surface area contributed by atoms with Crippen LogP contribution in [0.4, 0.5) is 5.69 Å². The van der Waals surface area contributed by atoms with Gasteiger partial charge in [-0.15, -0.1) is 12.4 Å². The Bertz CT molecular complexity index is 515. The Morgan fingerprint density at radius 2 is 1.44 bits per heavy atom. The van der Waals surface area contributed by atoms with Gasteiger partial charge < -0.3 is 10.5 Å². The van der Waals surface area contributed by atoms with Crippen LogP contribution < -0.4 is 10.5 Å². The highest BCUT2D eigenvalue weighted by Crippen LogP contribution is 2.29. The van der Waals surface area contributed by atoms with E-state index in [0.29, 0.717) is 0 Å². The van der Waals surface area contributed by atoms with Gasteiger partial charge in [0, 0.05) is 10.7 Å². The fraction of sp³-hybridized carbons (Fsp3) is 0.143. The van der Waals surface area contributed by atoms with Gasteiger partial charge in [0.15, 0.2) is 0 Å². The summed E-state index contributed by atoms with van der Waals surface area (Å²) < 4.78 is 5.74. The summed E-state index contributed by atoms with van der Waals surface area (Å²) in [7, 11) is 0. The average Bonchev–Trinajstić information content (AvgIpc) is 2.29. The lowest BCUT2D eigenvalue weighted by molar-refractivity contribution is 0.482. The van der Waals surface area contributed by atoms with Crippen LogP contribution in [0.3, 0.4) is 0 Å². The zero-order valence-electron chi connectivity index (χ0n) is 10.2. The number of nitrogens with two attached hydrogens (primary N) is 1. The predicted molar refractivity (Wildman–Crippen MR) is 79.1 cm³/mol. The summed E-state index contributed by atoms with van der Waals surface area (Å²) in [6, 6.07) is 11.1. The minimum Gasteiger partial charge on any atom is -0.457 e. The molecule has 2 rings (SSSR count). The maximum Gasteiger partial charge on any atom is 0.128 e. The van der Waals surface area contributed by atoms with Gasteiger partial charge in [-0.3, -0.25) is 0 Å². The van der Waals surface area contributed by atoms with E-state index in [1.54, 1.807) is 0 Å².